The van der Waals surface area contributed by atoms with Crippen LogP contribution >= 0.6 is 0 Å². The zero-order chi connectivity index (χ0) is 9.84. The Kier molecular flexibility index (Phi) is 3.33. The highest BCUT2D eigenvalue weighted by molar-refractivity contribution is 5.21. The van der Waals surface area contributed by atoms with E-state index in [-0.39, 0.29) is 12.1 Å². The summed E-state index contributed by atoms with van der Waals surface area (Å²) < 4.78 is 25.7. The molecule has 0 saturated heterocycles. The monoisotopic (exact) mass is 187 g/mol. The molecule has 4 heteroatoms. The summed E-state index contributed by atoms with van der Waals surface area (Å²) in [5.41, 5.74) is -0.0191. The van der Waals surface area contributed by atoms with Crippen LogP contribution in [-0.4, -0.2) is 18.7 Å². The van der Waals surface area contributed by atoms with E-state index in [0.29, 0.717) is 0 Å². The summed E-state index contributed by atoms with van der Waals surface area (Å²) in [5, 5.41) is 12.0. The number of likely N-dealkylation sites (N-methyl/N-ethyl adjacent to an activating group) is 1. The van der Waals surface area contributed by atoms with Crippen molar-refractivity contribution in [1.82, 2.24) is 5.32 Å². The van der Waals surface area contributed by atoms with E-state index in [2.05, 4.69) is 5.32 Å². The Bertz CT molecular complexity index is 291. The number of aliphatic hydroxyl groups excluding tert-OH is 1. The van der Waals surface area contributed by atoms with Crippen LogP contribution in [0, 0.1) is 11.6 Å². The summed E-state index contributed by atoms with van der Waals surface area (Å²) >= 11 is 0. The summed E-state index contributed by atoms with van der Waals surface area (Å²) in [4.78, 5) is 0. The number of hydrogen-bond donors (Lipinski definition) is 2. The van der Waals surface area contributed by atoms with E-state index < -0.39 is 17.7 Å². The third kappa shape index (κ3) is 2.23. The smallest absolute Gasteiger partial charge is 0.164 e. The highest BCUT2D eigenvalue weighted by Gasteiger charge is 2.14. The fraction of sp³-hybridized carbons (Fsp3) is 0.333. The number of hydrogen-bond acceptors (Lipinski definition) is 2. The molecule has 0 aromatic heterocycles. The molecule has 1 unspecified atom stereocenters. The largest absolute Gasteiger partial charge is 0.387 e. The zero-order valence-electron chi connectivity index (χ0n) is 7.22. The molecule has 0 saturated carbocycles. The van der Waals surface area contributed by atoms with Gasteiger partial charge in [-0.15, -0.1) is 0 Å². The van der Waals surface area contributed by atoms with Gasteiger partial charge in [0, 0.05) is 12.1 Å². The number of benzene rings is 1. The Balaban J connectivity index is 2.93. The van der Waals surface area contributed by atoms with Gasteiger partial charge in [-0.3, -0.25) is 0 Å². The van der Waals surface area contributed by atoms with Gasteiger partial charge in [0.2, 0.25) is 0 Å². The minimum absolute atomic E-state index is 0.0191. The van der Waals surface area contributed by atoms with Gasteiger partial charge in [-0.05, 0) is 13.1 Å². The minimum atomic E-state index is -1.01. The van der Waals surface area contributed by atoms with Crippen molar-refractivity contribution in [2.75, 3.05) is 13.6 Å². The van der Waals surface area contributed by atoms with Crippen LogP contribution in [0.4, 0.5) is 8.78 Å². The van der Waals surface area contributed by atoms with Crippen LogP contribution < -0.4 is 5.32 Å². The molecule has 0 amide bonds. The maximum absolute atomic E-state index is 13.0. The summed E-state index contributed by atoms with van der Waals surface area (Å²) in [6, 6.07) is 3.75. The third-order valence-corrected chi connectivity index (χ3v) is 1.74. The lowest BCUT2D eigenvalue weighted by molar-refractivity contribution is 0.172. The summed E-state index contributed by atoms with van der Waals surface area (Å²) in [7, 11) is 1.63. The van der Waals surface area contributed by atoms with Gasteiger partial charge in [0.15, 0.2) is 11.6 Å². The average Bonchev–Trinajstić information content (AvgIpc) is 2.10. The van der Waals surface area contributed by atoms with Crippen LogP contribution in [-0.2, 0) is 0 Å². The molecule has 0 aliphatic heterocycles. The minimum Gasteiger partial charge on any atom is -0.387 e. The van der Waals surface area contributed by atoms with E-state index in [1.807, 2.05) is 0 Å². The summed E-state index contributed by atoms with van der Waals surface area (Å²) in [5.74, 6) is -1.92. The van der Waals surface area contributed by atoms with Gasteiger partial charge in [-0.2, -0.15) is 0 Å². The average molecular weight is 187 g/mol. The molecule has 1 rings (SSSR count). The van der Waals surface area contributed by atoms with Gasteiger partial charge in [0.1, 0.15) is 0 Å². The van der Waals surface area contributed by atoms with Crippen molar-refractivity contribution in [2.45, 2.75) is 6.10 Å². The number of aliphatic hydroxyl groups is 1. The first-order chi connectivity index (χ1) is 6.16. The van der Waals surface area contributed by atoms with E-state index in [1.165, 1.54) is 12.1 Å². The van der Waals surface area contributed by atoms with E-state index in [4.69, 9.17) is 0 Å². The Morgan fingerprint density at radius 3 is 2.77 bits per heavy atom. The lowest BCUT2D eigenvalue weighted by Crippen LogP contribution is -2.18. The number of rotatable bonds is 3. The van der Waals surface area contributed by atoms with Gasteiger partial charge in [0.05, 0.1) is 6.10 Å². The van der Waals surface area contributed by atoms with Crippen LogP contribution in [0.2, 0.25) is 0 Å². The van der Waals surface area contributed by atoms with E-state index in [0.717, 1.165) is 6.07 Å². The molecule has 72 valence electrons. The van der Waals surface area contributed by atoms with Crippen LogP contribution in [0.15, 0.2) is 18.2 Å². The quantitative estimate of drug-likeness (QED) is 0.745. The Morgan fingerprint density at radius 2 is 2.15 bits per heavy atom. The molecule has 2 nitrogen and oxygen atoms in total. The van der Waals surface area contributed by atoms with Crippen molar-refractivity contribution >= 4 is 0 Å². The second-order valence-electron chi connectivity index (χ2n) is 2.72. The van der Waals surface area contributed by atoms with Crippen molar-refractivity contribution in [2.24, 2.45) is 0 Å². The van der Waals surface area contributed by atoms with Gasteiger partial charge >= 0.3 is 0 Å². The zero-order valence-corrected chi connectivity index (χ0v) is 7.22. The van der Waals surface area contributed by atoms with Crippen LogP contribution in [0.25, 0.3) is 0 Å². The maximum atomic E-state index is 13.0. The lowest BCUT2D eigenvalue weighted by Gasteiger charge is -2.10. The first kappa shape index (κ1) is 10.1. The summed E-state index contributed by atoms with van der Waals surface area (Å²) in [6.07, 6.45) is -1.01. The first-order valence-electron chi connectivity index (χ1n) is 3.93. The third-order valence-electron chi connectivity index (χ3n) is 1.74. The molecule has 0 bridgehead atoms. The second-order valence-corrected chi connectivity index (χ2v) is 2.72. The van der Waals surface area contributed by atoms with Crippen LogP contribution in [0.1, 0.15) is 11.7 Å². The fourth-order valence-electron chi connectivity index (χ4n) is 1.08. The molecule has 0 heterocycles. The molecule has 1 atom stereocenters. The van der Waals surface area contributed by atoms with Crippen molar-refractivity contribution in [3.8, 4) is 0 Å². The lowest BCUT2D eigenvalue weighted by atomic mass is 10.1. The van der Waals surface area contributed by atoms with Gasteiger partial charge in [-0.1, -0.05) is 12.1 Å². The molecule has 0 spiro atoms. The SMILES string of the molecule is CNCC(O)c1cccc(F)c1F. The maximum Gasteiger partial charge on any atom is 0.164 e. The summed E-state index contributed by atoms with van der Waals surface area (Å²) in [6.45, 7) is 0.195. The highest BCUT2D eigenvalue weighted by Crippen LogP contribution is 2.18. The molecular weight excluding hydrogens is 176 g/mol. The standard InChI is InChI=1S/C9H11F2NO/c1-12-5-8(13)6-3-2-4-7(10)9(6)11/h2-4,8,12-13H,5H2,1H3. The Labute approximate surface area is 75.2 Å². The fourth-order valence-corrected chi connectivity index (χ4v) is 1.08. The molecule has 0 radical (unpaired) electrons. The van der Waals surface area contributed by atoms with E-state index >= 15 is 0 Å². The van der Waals surface area contributed by atoms with Crippen molar-refractivity contribution < 1.29 is 13.9 Å². The number of nitrogens with one attached hydrogen (secondary N) is 1. The molecule has 1 aromatic rings. The molecule has 0 aliphatic rings. The molecule has 13 heavy (non-hydrogen) atoms. The predicted octanol–water partition coefficient (Wildman–Crippen LogP) is 1.22. The van der Waals surface area contributed by atoms with Gasteiger partial charge in [-0.25, -0.2) is 8.78 Å². The molecule has 1 aromatic carbocycles. The highest BCUT2D eigenvalue weighted by atomic mass is 19.2. The van der Waals surface area contributed by atoms with Crippen LogP contribution in [0.5, 0.6) is 0 Å². The van der Waals surface area contributed by atoms with E-state index in [9.17, 15) is 13.9 Å². The first-order valence-corrected chi connectivity index (χ1v) is 3.93. The molecule has 0 fully saturated rings. The van der Waals surface area contributed by atoms with Gasteiger partial charge in [0.25, 0.3) is 0 Å². The van der Waals surface area contributed by atoms with Crippen molar-refractivity contribution in [3.05, 3.63) is 35.4 Å². The van der Waals surface area contributed by atoms with Crippen LogP contribution in [0.3, 0.4) is 0 Å². The van der Waals surface area contributed by atoms with Crippen molar-refractivity contribution in [3.63, 3.8) is 0 Å². The Hall–Kier alpha value is -1.00. The van der Waals surface area contributed by atoms with Gasteiger partial charge < -0.3 is 10.4 Å². The topological polar surface area (TPSA) is 32.3 Å². The number of halogens is 2. The molecule has 2 N–H and O–H groups in total. The molecular formula is C9H11F2NO. The normalized spacial score (nSPS) is 12.9. The Morgan fingerprint density at radius 1 is 1.46 bits per heavy atom. The molecule has 0 aliphatic carbocycles. The van der Waals surface area contributed by atoms with Crippen molar-refractivity contribution in [1.29, 1.82) is 0 Å². The second kappa shape index (κ2) is 4.30. The predicted molar refractivity (Wildman–Crippen MR) is 45.2 cm³/mol. The van der Waals surface area contributed by atoms with E-state index in [1.54, 1.807) is 7.05 Å².